The molecule has 0 bridgehead atoms. The fraction of sp³-hybridized carbons (Fsp3) is 0. The molecule has 7 heavy (non-hydrogen) atoms. The van der Waals surface area contributed by atoms with Crippen LogP contribution in [0.3, 0.4) is 0 Å². The molecule has 5 heteroatoms. The molecule has 0 aromatic carbocycles. The highest BCUT2D eigenvalue weighted by Gasteiger charge is 1.88. The highest BCUT2D eigenvalue weighted by atomic mass is 32.2. The molecular weight excluding hydrogens is 112 g/mol. The van der Waals surface area contributed by atoms with E-state index < -0.39 is 0 Å². The maximum atomic E-state index is 4.89. The van der Waals surface area contributed by atoms with Gasteiger partial charge in [-0.3, -0.25) is 0 Å². The molecule has 0 amide bonds. The van der Waals surface area contributed by atoms with E-state index in [4.69, 9.17) is 5.84 Å². The van der Waals surface area contributed by atoms with Crippen LogP contribution in [0.25, 0.3) is 0 Å². The smallest absolute Gasteiger partial charge is 0.101 e. The fourth-order valence-electron chi connectivity index (χ4n) is 0.233. The highest BCUT2D eigenvalue weighted by Crippen LogP contribution is 1.85. The lowest BCUT2D eigenvalue weighted by molar-refractivity contribution is 1.29. The Labute approximate surface area is 43.2 Å². The molecule has 1 aliphatic heterocycles. The fourth-order valence-corrected chi connectivity index (χ4v) is 0.698. The Morgan fingerprint density at radius 1 is 1.43 bits per heavy atom. The molecule has 0 aromatic heterocycles. The predicted octanol–water partition coefficient (Wildman–Crippen LogP) is -0.353. The first-order chi connectivity index (χ1) is 3.43. The normalized spacial score (nSPS) is 18.4. The molecule has 0 saturated heterocycles. The summed E-state index contributed by atoms with van der Waals surface area (Å²) >= 11 is 0. The van der Waals surface area contributed by atoms with Gasteiger partial charge in [0.15, 0.2) is 0 Å². The summed E-state index contributed by atoms with van der Waals surface area (Å²) in [5, 5.41) is 7.04. The molecule has 0 radical (unpaired) electrons. The number of nitrogens with two attached hydrogens (primary N) is 1. The Bertz CT molecular complexity index is 132. The van der Waals surface area contributed by atoms with Crippen molar-refractivity contribution >= 4 is 21.8 Å². The van der Waals surface area contributed by atoms with Crippen molar-refractivity contribution in [1.82, 2.24) is 0 Å². The SMILES string of the molecule is NN=S1C=NN=C1. The lowest BCUT2D eigenvalue weighted by atomic mass is 11.6. The summed E-state index contributed by atoms with van der Waals surface area (Å²) < 4.78 is 3.42. The van der Waals surface area contributed by atoms with Gasteiger partial charge in [-0.25, -0.2) is 5.84 Å². The maximum Gasteiger partial charge on any atom is 0.101 e. The Kier molecular flexibility index (Phi) is 1.28. The molecule has 4 nitrogen and oxygen atoms in total. The van der Waals surface area contributed by atoms with Crippen LogP contribution < -0.4 is 5.84 Å². The zero-order chi connectivity index (χ0) is 5.11. The van der Waals surface area contributed by atoms with E-state index >= 15 is 0 Å². The molecule has 1 aliphatic rings. The van der Waals surface area contributed by atoms with E-state index in [1.54, 1.807) is 11.1 Å². The zero-order valence-corrected chi connectivity index (χ0v) is 4.30. The second-order valence-corrected chi connectivity index (χ2v) is 2.22. The largest absolute Gasteiger partial charge is 0.220 e. The topological polar surface area (TPSA) is 63.1 Å². The molecule has 1 heterocycles. The minimum atomic E-state index is -0.315. The third-order valence-corrected chi connectivity index (χ3v) is 1.36. The number of hydrogen-bond acceptors (Lipinski definition) is 3. The summed E-state index contributed by atoms with van der Waals surface area (Å²) in [7, 11) is -0.315. The predicted molar refractivity (Wildman–Crippen MR) is 31.0 cm³/mol. The van der Waals surface area contributed by atoms with Crippen molar-refractivity contribution in [3.63, 3.8) is 0 Å². The van der Waals surface area contributed by atoms with Crippen molar-refractivity contribution in [1.29, 1.82) is 0 Å². The quantitative estimate of drug-likeness (QED) is 0.341. The maximum absolute atomic E-state index is 4.89. The molecule has 0 aromatic rings. The van der Waals surface area contributed by atoms with Crippen LogP contribution in [0.1, 0.15) is 0 Å². The van der Waals surface area contributed by atoms with Crippen LogP contribution in [0.5, 0.6) is 0 Å². The van der Waals surface area contributed by atoms with E-state index in [-0.39, 0.29) is 10.7 Å². The lowest BCUT2D eigenvalue weighted by Crippen LogP contribution is -1.90. The summed E-state index contributed by atoms with van der Waals surface area (Å²) in [4.78, 5) is 0. The summed E-state index contributed by atoms with van der Waals surface area (Å²) in [6, 6.07) is 0. The highest BCUT2D eigenvalue weighted by molar-refractivity contribution is 8.12. The molecule has 38 valence electrons. The average Bonchev–Trinajstić information content (AvgIpc) is 2.14. The van der Waals surface area contributed by atoms with Crippen LogP contribution in [0.15, 0.2) is 14.7 Å². The van der Waals surface area contributed by atoms with Crippen LogP contribution in [0, 0.1) is 0 Å². The van der Waals surface area contributed by atoms with Gasteiger partial charge in [0.2, 0.25) is 0 Å². The van der Waals surface area contributed by atoms with E-state index in [1.165, 1.54) is 0 Å². The third-order valence-electron chi connectivity index (χ3n) is 0.499. The number of hydrogen-bond donors (Lipinski definition) is 1. The van der Waals surface area contributed by atoms with Gasteiger partial charge in [-0.2, -0.15) is 14.7 Å². The molecule has 2 N–H and O–H groups in total. The molecule has 0 fully saturated rings. The van der Waals surface area contributed by atoms with Crippen molar-refractivity contribution in [3.05, 3.63) is 0 Å². The second kappa shape index (κ2) is 1.94. The van der Waals surface area contributed by atoms with Crippen molar-refractivity contribution in [2.24, 2.45) is 20.5 Å². The summed E-state index contributed by atoms with van der Waals surface area (Å²) in [5.41, 5.74) is 3.19. The molecule has 0 atom stereocenters. The van der Waals surface area contributed by atoms with E-state index in [9.17, 15) is 0 Å². The van der Waals surface area contributed by atoms with Crippen molar-refractivity contribution in [2.45, 2.75) is 0 Å². The zero-order valence-electron chi connectivity index (χ0n) is 3.48. The van der Waals surface area contributed by atoms with Gasteiger partial charge in [-0.1, -0.05) is 0 Å². The molecule has 1 rings (SSSR count). The number of rotatable bonds is 0. The van der Waals surface area contributed by atoms with Gasteiger partial charge in [0, 0.05) is 10.7 Å². The lowest BCUT2D eigenvalue weighted by Gasteiger charge is -1.74. The Morgan fingerprint density at radius 3 is 2.29 bits per heavy atom. The molecular formula is C2H4N4S. The van der Waals surface area contributed by atoms with Gasteiger partial charge in [0.25, 0.3) is 0 Å². The van der Waals surface area contributed by atoms with Crippen molar-refractivity contribution < 1.29 is 0 Å². The first kappa shape index (κ1) is 4.61. The molecule has 0 spiro atoms. The van der Waals surface area contributed by atoms with Gasteiger partial charge >= 0.3 is 0 Å². The first-order valence-electron chi connectivity index (χ1n) is 1.63. The third kappa shape index (κ3) is 0.908. The van der Waals surface area contributed by atoms with E-state index in [0.29, 0.717) is 0 Å². The molecule has 0 aliphatic carbocycles. The van der Waals surface area contributed by atoms with Gasteiger partial charge in [-0.15, -0.1) is 0 Å². The van der Waals surface area contributed by atoms with Crippen LogP contribution in [0.4, 0.5) is 0 Å². The van der Waals surface area contributed by atoms with Gasteiger partial charge in [-0.05, 0) is 0 Å². The average molecular weight is 116 g/mol. The second-order valence-electron chi connectivity index (χ2n) is 0.894. The molecule has 0 unspecified atom stereocenters. The minimum absolute atomic E-state index is 0.315. The van der Waals surface area contributed by atoms with Crippen LogP contribution in [0.2, 0.25) is 0 Å². The van der Waals surface area contributed by atoms with Gasteiger partial charge in [0.1, 0.15) is 11.1 Å². The Hall–Kier alpha value is -0.550. The monoisotopic (exact) mass is 116 g/mol. The van der Waals surface area contributed by atoms with E-state index in [1.807, 2.05) is 0 Å². The Balaban J connectivity index is 2.79. The van der Waals surface area contributed by atoms with Gasteiger partial charge < -0.3 is 0 Å². The van der Waals surface area contributed by atoms with E-state index in [2.05, 4.69) is 14.7 Å². The minimum Gasteiger partial charge on any atom is -0.220 e. The number of nitrogens with zero attached hydrogens (tertiary/aromatic N) is 3. The van der Waals surface area contributed by atoms with Crippen LogP contribution in [-0.2, 0) is 10.7 Å². The van der Waals surface area contributed by atoms with E-state index in [0.717, 1.165) is 0 Å². The molecule has 0 saturated carbocycles. The summed E-state index contributed by atoms with van der Waals surface area (Å²) in [6.45, 7) is 0. The Morgan fingerprint density at radius 2 is 2.00 bits per heavy atom. The standard InChI is InChI=1S/C2H4N4S/c3-6-7-1-4-5-2-7/h1-2H,3H2. The van der Waals surface area contributed by atoms with Crippen molar-refractivity contribution in [3.8, 4) is 0 Å². The van der Waals surface area contributed by atoms with Gasteiger partial charge in [0.05, 0.1) is 0 Å². The van der Waals surface area contributed by atoms with Crippen molar-refractivity contribution in [2.75, 3.05) is 0 Å². The summed E-state index contributed by atoms with van der Waals surface area (Å²) in [5.74, 6) is 4.89. The first-order valence-corrected chi connectivity index (χ1v) is 2.94. The van der Waals surface area contributed by atoms with Crippen LogP contribution >= 0.6 is 0 Å². The van der Waals surface area contributed by atoms with Crippen LogP contribution in [-0.4, -0.2) is 11.1 Å². The summed E-state index contributed by atoms with van der Waals surface area (Å²) in [6.07, 6.45) is 0.